The molecule has 3 N–H and O–H groups in total. The standard InChI is InChI=1S/C18H29ClN4O2.HI/c1-6-21-17(23-12-18(3,4)16(24)20-5)22-11-13(2)25-15-9-7-14(19)8-10-15;/h7-10,13H,6,11-12H2,1-5H3,(H,20,24)(H2,21,22,23);1H. The molecule has 0 fully saturated rings. The predicted octanol–water partition coefficient (Wildman–Crippen LogP) is 3.05. The van der Waals surface area contributed by atoms with Crippen LogP contribution in [-0.4, -0.2) is 44.7 Å². The first kappa shape index (κ1) is 24.8. The average molecular weight is 497 g/mol. The van der Waals surface area contributed by atoms with Crippen LogP contribution < -0.4 is 20.7 Å². The fourth-order valence-electron chi connectivity index (χ4n) is 2.06. The van der Waals surface area contributed by atoms with Gasteiger partial charge in [0.25, 0.3) is 0 Å². The van der Waals surface area contributed by atoms with Crippen molar-refractivity contribution in [2.75, 3.05) is 26.7 Å². The summed E-state index contributed by atoms with van der Waals surface area (Å²) in [4.78, 5) is 16.4. The van der Waals surface area contributed by atoms with Crippen molar-refractivity contribution >= 4 is 47.4 Å². The average Bonchev–Trinajstić information content (AvgIpc) is 2.58. The molecule has 148 valence electrons. The highest BCUT2D eigenvalue weighted by Gasteiger charge is 2.26. The van der Waals surface area contributed by atoms with E-state index < -0.39 is 5.41 Å². The second kappa shape index (κ2) is 12.2. The lowest BCUT2D eigenvalue weighted by Crippen LogP contribution is -2.43. The van der Waals surface area contributed by atoms with E-state index in [1.165, 1.54) is 0 Å². The van der Waals surface area contributed by atoms with Gasteiger partial charge in [-0.3, -0.25) is 9.79 Å². The number of ether oxygens (including phenoxy) is 1. The van der Waals surface area contributed by atoms with Gasteiger partial charge in [-0.25, -0.2) is 0 Å². The van der Waals surface area contributed by atoms with Crippen LogP contribution in [0.3, 0.4) is 0 Å². The Morgan fingerprint density at radius 3 is 2.42 bits per heavy atom. The van der Waals surface area contributed by atoms with Gasteiger partial charge in [0.15, 0.2) is 5.96 Å². The Balaban J connectivity index is 0.00000625. The van der Waals surface area contributed by atoms with Crippen molar-refractivity contribution in [1.82, 2.24) is 16.0 Å². The number of benzene rings is 1. The molecule has 0 bridgehead atoms. The molecule has 0 aromatic heterocycles. The molecule has 1 unspecified atom stereocenters. The van der Waals surface area contributed by atoms with Crippen molar-refractivity contribution in [2.45, 2.75) is 33.8 Å². The minimum atomic E-state index is -0.567. The van der Waals surface area contributed by atoms with Crippen molar-refractivity contribution < 1.29 is 9.53 Å². The van der Waals surface area contributed by atoms with E-state index in [1.807, 2.05) is 39.8 Å². The van der Waals surface area contributed by atoms with E-state index in [0.29, 0.717) is 24.1 Å². The lowest BCUT2D eigenvalue weighted by atomic mass is 9.93. The van der Waals surface area contributed by atoms with Crippen LogP contribution in [0.15, 0.2) is 29.3 Å². The molecule has 1 amide bonds. The highest BCUT2D eigenvalue weighted by Crippen LogP contribution is 2.17. The zero-order valence-corrected chi connectivity index (χ0v) is 19.1. The van der Waals surface area contributed by atoms with Crippen LogP contribution in [0.5, 0.6) is 5.75 Å². The largest absolute Gasteiger partial charge is 0.489 e. The van der Waals surface area contributed by atoms with Gasteiger partial charge in [-0.1, -0.05) is 11.6 Å². The first-order valence-corrected chi connectivity index (χ1v) is 8.83. The number of amides is 1. The first-order valence-electron chi connectivity index (χ1n) is 8.45. The first-order chi connectivity index (χ1) is 11.8. The molecule has 0 radical (unpaired) electrons. The highest BCUT2D eigenvalue weighted by molar-refractivity contribution is 14.0. The molecule has 8 heteroatoms. The van der Waals surface area contributed by atoms with Crippen LogP contribution in [0.2, 0.25) is 5.02 Å². The van der Waals surface area contributed by atoms with E-state index in [-0.39, 0.29) is 36.0 Å². The SMILES string of the molecule is CCNC(=NCC(C)(C)C(=O)NC)NCC(C)Oc1ccc(Cl)cc1.I. The van der Waals surface area contributed by atoms with E-state index in [4.69, 9.17) is 16.3 Å². The number of aliphatic imine (C=N–C) groups is 1. The normalized spacial score (nSPS) is 12.6. The maximum atomic E-state index is 11.8. The lowest BCUT2D eigenvalue weighted by Gasteiger charge is -2.22. The zero-order valence-electron chi connectivity index (χ0n) is 16.1. The maximum absolute atomic E-state index is 11.8. The summed E-state index contributed by atoms with van der Waals surface area (Å²) in [5.41, 5.74) is -0.567. The molecule has 0 saturated heterocycles. The molecule has 0 aliphatic rings. The van der Waals surface area contributed by atoms with Gasteiger partial charge in [0.1, 0.15) is 11.9 Å². The minimum absolute atomic E-state index is 0. The topological polar surface area (TPSA) is 74.8 Å². The monoisotopic (exact) mass is 496 g/mol. The van der Waals surface area contributed by atoms with E-state index >= 15 is 0 Å². The van der Waals surface area contributed by atoms with Crippen LogP contribution in [0.25, 0.3) is 0 Å². The molecular formula is C18H30ClIN4O2. The number of hydrogen-bond donors (Lipinski definition) is 3. The van der Waals surface area contributed by atoms with Gasteiger partial charge in [-0.05, 0) is 52.0 Å². The highest BCUT2D eigenvalue weighted by atomic mass is 127. The molecule has 0 spiro atoms. The van der Waals surface area contributed by atoms with Crippen LogP contribution in [0.4, 0.5) is 0 Å². The molecule has 26 heavy (non-hydrogen) atoms. The lowest BCUT2D eigenvalue weighted by molar-refractivity contribution is -0.128. The Bertz CT molecular complexity index is 579. The van der Waals surface area contributed by atoms with Gasteiger partial charge in [0, 0.05) is 18.6 Å². The fraction of sp³-hybridized carbons (Fsp3) is 0.556. The van der Waals surface area contributed by atoms with E-state index in [9.17, 15) is 4.79 Å². The third kappa shape index (κ3) is 8.93. The molecule has 0 saturated carbocycles. The summed E-state index contributed by atoms with van der Waals surface area (Å²) in [5, 5.41) is 9.75. The Labute approximate surface area is 178 Å². The number of carbonyl (C=O) groups excluding carboxylic acids is 1. The molecule has 1 aromatic carbocycles. The van der Waals surface area contributed by atoms with Gasteiger partial charge in [0.2, 0.25) is 5.91 Å². The number of nitrogens with zero attached hydrogens (tertiary/aromatic N) is 1. The Morgan fingerprint density at radius 2 is 1.88 bits per heavy atom. The van der Waals surface area contributed by atoms with Gasteiger partial charge >= 0.3 is 0 Å². The van der Waals surface area contributed by atoms with Crippen LogP contribution in [0, 0.1) is 5.41 Å². The number of carbonyl (C=O) groups is 1. The molecule has 1 aromatic rings. The number of halogens is 2. The Hall–Kier alpha value is -1.22. The third-order valence-electron chi connectivity index (χ3n) is 3.53. The molecule has 1 rings (SSSR count). The maximum Gasteiger partial charge on any atom is 0.227 e. The van der Waals surface area contributed by atoms with Crippen molar-refractivity contribution in [1.29, 1.82) is 0 Å². The molecule has 0 aliphatic carbocycles. The number of nitrogens with one attached hydrogen (secondary N) is 3. The van der Waals surface area contributed by atoms with E-state index in [1.54, 1.807) is 19.2 Å². The number of guanidine groups is 1. The Morgan fingerprint density at radius 1 is 1.27 bits per heavy atom. The fourth-order valence-corrected chi connectivity index (χ4v) is 2.18. The zero-order chi connectivity index (χ0) is 18.9. The van der Waals surface area contributed by atoms with E-state index in [0.717, 1.165) is 12.3 Å². The minimum Gasteiger partial charge on any atom is -0.489 e. The molecule has 0 heterocycles. The van der Waals surface area contributed by atoms with Crippen molar-refractivity contribution in [3.63, 3.8) is 0 Å². The van der Waals surface area contributed by atoms with Gasteiger partial charge < -0.3 is 20.7 Å². The summed E-state index contributed by atoms with van der Waals surface area (Å²) in [5.74, 6) is 1.39. The second-order valence-corrected chi connectivity index (χ2v) is 6.86. The molecular weight excluding hydrogens is 467 g/mol. The van der Waals surface area contributed by atoms with Crippen molar-refractivity contribution in [3.05, 3.63) is 29.3 Å². The number of rotatable bonds is 8. The van der Waals surface area contributed by atoms with Crippen LogP contribution in [0.1, 0.15) is 27.7 Å². The summed E-state index contributed by atoms with van der Waals surface area (Å²) < 4.78 is 5.83. The Kier molecular flexibility index (Phi) is 11.6. The third-order valence-corrected chi connectivity index (χ3v) is 3.78. The molecule has 1 atom stereocenters. The van der Waals surface area contributed by atoms with Crippen molar-refractivity contribution in [3.8, 4) is 5.75 Å². The molecule has 6 nitrogen and oxygen atoms in total. The summed E-state index contributed by atoms with van der Waals surface area (Å²) in [6.07, 6.45) is -0.0583. The van der Waals surface area contributed by atoms with Gasteiger partial charge in [0.05, 0.1) is 18.5 Å². The quantitative estimate of drug-likeness (QED) is 0.294. The smallest absolute Gasteiger partial charge is 0.227 e. The van der Waals surface area contributed by atoms with Gasteiger partial charge in [-0.2, -0.15) is 0 Å². The van der Waals surface area contributed by atoms with Crippen LogP contribution in [-0.2, 0) is 4.79 Å². The predicted molar refractivity (Wildman–Crippen MR) is 119 cm³/mol. The summed E-state index contributed by atoms with van der Waals surface area (Å²) >= 11 is 5.87. The van der Waals surface area contributed by atoms with Crippen LogP contribution >= 0.6 is 35.6 Å². The van der Waals surface area contributed by atoms with Gasteiger partial charge in [-0.15, -0.1) is 24.0 Å². The second-order valence-electron chi connectivity index (χ2n) is 6.42. The molecule has 0 aliphatic heterocycles. The van der Waals surface area contributed by atoms with Crippen molar-refractivity contribution in [2.24, 2.45) is 10.4 Å². The number of hydrogen-bond acceptors (Lipinski definition) is 3. The summed E-state index contributed by atoms with van der Waals surface area (Å²) in [6.45, 7) is 9.40. The van der Waals surface area contributed by atoms with E-state index in [2.05, 4.69) is 20.9 Å². The summed E-state index contributed by atoms with van der Waals surface area (Å²) in [7, 11) is 1.63. The summed E-state index contributed by atoms with van der Waals surface area (Å²) in [6, 6.07) is 7.26.